The van der Waals surface area contributed by atoms with Crippen LogP contribution in [0.4, 0.5) is 24.5 Å². The highest BCUT2D eigenvalue weighted by atomic mass is 19.4. The molecule has 1 amide bonds. The van der Waals surface area contributed by atoms with Crippen LogP contribution >= 0.6 is 0 Å². The van der Waals surface area contributed by atoms with Crippen molar-refractivity contribution in [2.24, 2.45) is 0 Å². The van der Waals surface area contributed by atoms with E-state index in [1.165, 1.54) is 6.92 Å². The van der Waals surface area contributed by atoms with E-state index in [0.29, 0.717) is 12.0 Å². The van der Waals surface area contributed by atoms with Crippen LogP contribution < -0.4 is 5.32 Å². The number of aryl methyl sites for hydroxylation is 1. The first-order valence-corrected chi connectivity index (χ1v) is 5.79. The second kappa shape index (κ2) is 5.78. The zero-order valence-corrected chi connectivity index (χ0v) is 11.1. The van der Waals surface area contributed by atoms with E-state index in [1.54, 1.807) is 6.92 Å². The topological polar surface area (TPSA) is 33.5 Å². The van der Waals surface area contributed by atoms with Gasteiger partial charge in [-0.15, -0.1) is 0 Å². The number of carbonyl (C=O) groups is 1. The highest BCUT2D eigenvalue weighted by Gasteiger charge is 2.34. The smallest absolute Gasteiger partial charge is 0.322 e. The first kappa shape index (κ1) is 15.8. The minimum atomic E-state index is -4.64. The number of hydrogen-bond donors (Lipinski definition) is 1. The van der Waals surface area contributed by atoms with Crippen molar-refractivity contribution < 1.29 is 18.0 Å². The van der Waals surface area contributed by atoms with E-state index in [9.17, 15) is 18.0 Å². The SMILES string of the molecule is [C-]#[N+]c1cc(CC)c(NC(=O)C(=C)C)cc1C(F)(F)F. The third kappa shape index (κ3) is 3.38. The van der Waals surface area contributed by atoms with Crippen LogP contribution in [-0.4, -0.2) is 5.91 Å². The van der Waals surface area contributed by atoms with E-state index in [1.807, 2.05) is 0 Å². The summed E-state index contributed by atoms with van der Waals surface area (Å²) in [5.41, 5.74) is -0.807. The van der Waals surface area contributed by atoms with E-state index < -0.39 is 23.3 Å². The zero-order chi connectivity index (χ0) is 15.5. The molecule has 1 N–H and O–H groups in total. The molecule has 0 heterocycles. The highest BCUT2D eigenvalue weighted by Crippen LogP contribution is 2.39. The van der Waals surface area contributed by atoms with Crippen molar-refractivity contribution in [1.82, 2.24) is 0 Å². The monoisotopic (exact) mass is 282 g/mol. The summed E-state index contributed by atoms with van der Waals surface area (Å²) in [5.74, 6) is -0.552. The number of alkyl halides is 3. The Balaban J connectivity index is 3.41. The third-order valence-electron chi connectivity index (χ3n) is 2.66. The predicted molar refractivity (Wildman–Crippen MR) is 70.5 cm³/mol. The number of nitrogens with one attached hydrogen (secondary N) is 1. The molecule has 20 heavy (non-hydrogen) atoms. The van der Waals surface area contributed by atoms with Crippen LogP contribution in [0, 0.1) is 6.57 Å². The highest BCUT2D eigenvalue weighted by molar-refractivity contribution is 6.03. The maximum atomic E-state index is 12.9. The molecule has 0 aliphatic carbocycles. The lowest BCUT2D eigenvalue weighted by atomic mass is 10.0. The predicted octanol–water partition coefficient (Wildman–Crippen LogP) is 4.33. The second-order valence-electron chi connectivity index (χ2n) is 4.22. The van der Waals surface area contributed by atoms with Gasteiger partial charge < -0.3 is 5.32 Å². The summed E-state index contributed by atoms with van der Waals surface area (Å²) in [4.78, 5) is 14.4. The van der Waals surface area contributed by atoms with Gasteiger partial charge in [-0.2, -0.15) is 13.2 Å². The summed E-state index contributed by atoms with van der Waals surface area (Å²) in [5, 5.41) is 2.38. The lowest BCUT2D eigenvalue weighted by molar-refractivity contribution is -0.136. The molecule has 0 atom stereocenters. The molecule has 106 valence electrons. The average Bonchev–Trinajstić information content (AvgIpc) is 2.36. The molecule has 0 spiro atoms. The lowest BCUT2D eigenvalue weighted by Gasteiger charge is -2.15. The van der Waals surface area contributed by atoms with E-state index in [4.69, 9.17) is 6.57 Å². The molecule has 6 heteroatoms. The number of hydrogen-bond acceptors (Lipinski definition) is 1. The fraction of sp³-hybridized carbons (Fsp3) is 0.286. The van der Waals surface area contributed by atoms with Gasteiger partial charge in [0.2, 0.25) is 0 Å². The molecule has 0 fully saturated rings. The van der Waals surface area contributed by atoms with Gasteiger partial charge in [-0.05, 0) is 25.0 Å². The number of rotatable bonds is 3. The Morgan fingerprint density at radius 2 is 2.05 bits per heavy atom. The molecule has 3 nitrogen and oxygen atoms in total. The Morgan fingerprint density at radius 1 is 1.45 bits per heavy atom. The third-order valence-corrected chi connectivity index (χ3v) is 2.66. The van der Waals surface area contributed by atoms with Gasteiger partial charge in [-0.25, -0.2) is 4.85 Å². The van der Waals surface area contributed by atoms with E-state index in [0.717, 1.165) is 12.1 Å². The number of amides is 1. The number of carbonyl (C=O) groups excluding carboxylic acids is 1. The van der Waals surface area contributed by atoms with Gasteiger partial charge in [0.1, 0.15) is 0 Å². The lowest BCUT2D eigenvalue weighted by Crippen LogP contribution is -2.15. The number of nitrogens with zero attached hydrogens (tertiary/aromatic N) is 1. The standard InChI is InChI=1S/C14H13F3N2O/c1-5-9-6-12(18-4)10(14(15,16)17)7-11(9)19-13(20)8(2)3/h6-7H,2,5H2,1,3H3,(H,19,20). The summed E-state index contributed by atoms with van der Waals surface area (Å²) in [7, 11) is 0. The molecule has 0 aliphatic rings. The molecule has 0 unspecified atom stereocenters. The summed E-state index contributed by atoms with van der Waals surface area (Å²) < 4.78 is 38.6. The van der Waals surface area contributed by atoms with Crippen molar-refractivity contribution in [2.45, 2.75) is 26.4 Å². The van der Waals surface area contributed by atoms with Crippen molar-refractivity contribution >= 4 is 17.3 Å². The minimum absolute atomic E-state index is 0.0558. The Bertz CT molecular complexity index is 598. The van der Waals surface area contributed by atoms with Gasteiger partial charge in [0.25, 0.3) is 5.91 Å². The van der Waals surface area contributed by atoms with Crippen LogP contribution in [0.2, 0.25) is 0 Å². The Morgan fingerprint density at radius 3 is 2.45 bits per heavy atom. The molecule has 0 radical (unpaired) electrons. The van der Waals surface area contributed by atoms with E-state index in [-0.39, 0.29) is 11.3 Å². The van der Waals surface area contributed by atoms with Crippen LogP contribution in [0.15, 0.2) is 24.3 Å². The quantitative estimate of drug-likeness (QED) is 0.649. The fourth-order valence-electron chi connectivity index (χ4n) is 1.59. The Labute approximate surface area is 114 Å². The van der Waals surface area contributed by atoms with Crippen LogP contribution in [0.1, 0.15) is 25.0 Å². The molecule has 0 bridgehead atoms. The molecule has 1 aromatic carbocycles. The average molecular weight is 282 g/mol. The van der Waals surface area contributed by atoms with Crippen molar-refractivity contribution in [1.29, 1.82) is 0 Å². The molecule has 1 aromatic rings. The second-order valence-corrected chi connectivity index (χ2v) is 4.22. The summed E-state index contributed by atoms with van der Waals surface area (Å²) >= 11 is 0. The number of halogens is 3. The molecular weight excluding hydrogens is 269 g/mol. The first-order chi connectivity index (χ1) is 9.20. The van der Waals surface area contributed by atoms with Gasteiger partial charge in [0.15, 0.2) is 5.69 Å². The van der Waals surface area contributed by atoms with Gasteiger partial charge >= 0.3 is 6.18 Å². The largest absolute Gasteiger partial charge is 0.407 e. The molecule has 0 aliphatic heterocycles. The van der Waals surface area contributed by atoms with E-state index >= 15 is 0 Å². The Hall–Kier alpha value is -2.29. The van der Waals surface area contributed by atoms with Crippen LogP contribution in [0.25, 0.3) is 4.85 Å². The first-order valence-electron chi connectivity index (χ1n) is 5.79. The van der Waals surface area contributed by atoms with Crippen LogP contribution in [0.3, 0.4) is 0 Å². The normalized spacial score (nSPS) is 10.8. The summed E-state index contributed by atoms with van der Waals surface area (Å²) in [6, 6.07) is 1.96. The maximum Gasteiger partial charge on any atom is 0.407 e. The van der Waals surface area contributed by atoms with Gasteiger partial charge in [0.05, 0.1) is 12.1 Å². The number of anilines is 1. The number of benzene rings is 1. The Kier molecular flexibility index (Phi) is 4.56. The molecular formula is C14H13F3N2O. The molecule has 0 saturated heterocycles. The van der Waals surface area contributed by atoms with Crippen LogP contribution in [0.5, 0.6) is 0 Å². The van der Waals surface area contributed by atoms with Crippen LogP contribution in [-0.2, 0) is 17.4 Å². The van der Waals surface area contributed by atoms with Crippen molar-refractivity contribution in [3.8, 4) is 0 Å². The van der Waals surface area contributed by atoms with Gasteiger partial charge in [-0.1, -0.05) is 19.6 Å². The molecule has 0 saturated carbocycles. The fourth-order valence-corrected chi connectivity index (χ4v) is 1.59. The van der Waals surface area contributed by atoms with Crippen molar-refractivity contribution in [3.63, 3.8) is 0 Å². The molecule has 0 aromatic heterocycles. The summed E-state index contributed by atoms with van der Waals surface area (Å²) in [6.07, 6.45) is -4.25. The van der Waals surface area contributed by atoms with Crippen molar-refractivity contribution in [2.75, 3.05) is 5.32 Å². The van der Waals surface area contributed by atoms with Crippen molar-refractivity contribution in [3.05, 3.63) is 46.8 Å². The molecule has 1 rings (SSSR count). The summed E-state index contributed by atoms with van der Waals surface area (Å²) in [6.45, 7) is 13.5. The maximum absolute atomic E-state index is 12.9. The van der Waals surface area contributed by atoms with Gasteiger partial charge in [-0.3, -0.25) is 4.79 Å². The minimum Gasteiger partial charge on any atom is -0.322 e. The van der Waals surface area contributed by atoms with E-state index in [2.05, 4.69) is 16.7 Å². The zero-order valence-electron chi connectivity index (χ0n) is 11.1. The van der Waals surface area contributed by atoms with Gasteiger partial charge in [0, 0.05) is 11.3 Å².